The van der Waals surface area contributed by atoms with Gasteiger partial charge in [0.25, 0.3) is 5.91 Å². The molecule has 36 heavy (non-hydrogen) atoms. The summed E-state index contributed by atoms with van der Waals surface area (Å²) in [5, 5.41) is 2.92. The highest BCUT2D eigenvalue weighted by molar-refractivity contribution is 6.04. The lowest BCUT2D eigenvalue weighted by Crippen LogP contribution is -2.13. The number of carbonyl (C=O) groups excluding carboxylic acids is 2. The summed E-state index contributed by atoms with van der Waals surface area (Å²) in [6, 6.07) is 17.8. The van der Waals surface area contributed by atoms with Crippen molar-refractivity contribution >= 4 is 23.6 Å². The van der Waals surface area contributed by atoms with E-state index in [1.807, 2.05) is 50.2 Å². The molecule has 0 aliphatic rings. The molecule has 1 N–H and O–H groups in total. The van der Waals surface area contributed by atoms with E-state index in [1.165, 1.54) is 6.08 Å². The molecule has 3 aromatic carbocycles. The number of aryl methyl sites for hydroxylation is 2. The second kappa shape index (κ2) is 13.1. The van der Waals surface area contributed by atoms with E-state index in [1.54, 1.807) is 37.5 Å². The van der Waals surface area contributed by atoms with Crippen molar-refractivity contribution in [1.82, 2.24) is 0 Å². The molecule has 6 nitrogen and oxygen atoms in total. The lowest BCUT2D eigenvalue weighted by atomic mass is 10.1. The van der Waals surface area contributed by atoms with Crippen molar-refractivity contribution in [1.29, 1.82) is 0 Å². The Hall–Kier alpha value is -4.06. The number of nitrogens with one attached hydrogen (secondary N) is 1. The van der Waals surface area contributed by atoms with Gasteiger partial charge in [-0.2, -0.15) is 0 Å². The number of hydrogen-bond donors (Lipinski definition) is 1. The molecule has 3 aromatic rings. The van der Waals surface area contributed by atoms with Gasteiger partial charge in [-0.05, 0) is 85.5 Å². The summed E-state index contributed by atoms with van der Waals surface area (Å²) in [4.78, 5) is 24.9. The van der Waals surface area contributed by atoms with Gasteiger partial charge in [0.15, 0.2) is 11.5 Å². The Balaban J connectivity index is 1.56. The zero-order chi connectivity index (χ0) is 25.9. The van der Waals surface area contributed by atoms with Crippen molar-refractivity contribution in [2.75, 3.05) is 19.0 Å². The van der Waals surface area contributed by atoms with Crippen molar-refractivity contribution in [2.45, 2.75) is 40.0 Å². The van der Waals surface area contributed by atoms with Crippen LogP contribution < -0.4 is 19.5 Å². The van der Waals surface area contributed by atoms with Crippen LogP contribution in [0.25, 0.3) is 6.08 Å². The van der Waals surface area contributed by atoms with Crippen LogP contribution >= 0.6 is 0 Å². The standard InChI is InChI=1S/C30H33NO5/c1-5-6-7-18-35-27-16-10-23(20-28(27)34-4)11-17-29(32)36-25-14-12-24(13-15-25)30(33)31-26-19-21(2)8-9-22(26)3/h8-17,19-20H,5-7,18H2,1-4H3,(H,31,33)/b17-11+. The molecule has 0 saturated heterocycles. The quantitative estimate of drug-likeness (QED) is 0.140. The summed E-state index contributed by atoms with van der Waals surface area (Å²) in [7, 11) is 1.59. The molecule has 0 radical (unpaired) electrons. The fraction of sp³-hybridized carbons (Fsp3) is 0.267. The minimum Gasteiger partial charge on any atom is -0.493 e. The minimum atomic E-state index is -0.526. The smallest absolute Gasteiger partial charge is 0.336 e. The monoisotopic (exact) mass is 487 g/mol. The Kier molecular flexibility index (Phi) is 9.69. The van der Waals surface area contributed by atoms with Crippen LogP contribution in [0.1, 0.15) is 53.2 Å². The molecule has 0 bridgehead atoms. The van der Waals surface area contributed by atoms with Gasteiger partial charge in [-0.15, -0.1) is 0 Å². The third-order valence-corrected chi connectivity index (χ3v) is 5.58. The van der Waals surface area contributed by atoms with E-state index in [0.29, 0.717) is 29.4 Å². The van der Waals surface area contributed by atoms with Gasteiger partial charge in [-0.1, -0.05) is 38.0 Å². The van der Waals surface area contributed by atoms with Crippen molar-refractivity contribution in [3.63, 3.8) is 0 Å². The van der Waals surface area contributed by atoms with Crippen LogP contribution in [0, 0.1) is 13.8 Å². The van der Waals surface area contributed by atoms with Crippen molar-refractivity contribution in [2.24, 2.45) is 0 Å². The maximum Gasteiger partial charge on any atom is 0.336 e. The molecule has 0 aliphatic carbocycles. The van der Waals surface area contributed by atoms with Gasteiger partial charge < -0.3 is 19.5 Å². The molecule has 0 atom stereocenters. The number of methoxy groups -OCH3 is 1. The first kappa shape index (κ1) is 26.5. The van der Waals surface area contributed by atoms with Crippen LogP contribution in [0.2, 0.25) is 0 Å². The fourth-order valence-electron chi connectivity index (χ4n) is 3.50. The third kappa shape index (κ3) is 7.73. The molecule has 0 heterocycles. The zero-order valence-corrected chi connectivity index (χ0v) is 21.3. The molecule has 0 spiro atoms. The molecular weight excluding hydrogens is 454 g/mol. The van der Waals surface area contributed by atoms with Crippen LogP contribution in [0.5, 0.6) is 17.2 Å². The second-order valence-electron chi connectivity index (χ2n) is 8.52. The fourth-order valence-corrected chi connectivity index (χ4v) is 3.50. The van der Waals surface area contributed by atoms with Crippen LogP contribution in [-0.4, -0.2) is 25.6 Å². The van der Waals surface area contributed by atoms with Gasteiger partial charge in [-0.25, -0.2) is 4.79 Å². The molecule has 0 fully saturated rings. The summed E-state index contributed by atoms with van der Waals surface area (Å²) in [6.07, 6.45) is 6.24. The van der Waals surface area contributed by atoms with E-state index in [2.05, 4.69) is 12.2 Å². The molecule has 0 saturated carbocycles. The number of unbranched alkanes of at least 4 members (excludes halogenated alkanes) is 2. The Morgan fingerprint density at radius 2 is 1.69 bits per heavy atom. The lowest BCUT2D eigenvalue weighted by Gasteiger charge is -2.11. The Labute approximate surface area is 212 Å². The average Bonchev–Trinajstić information content (AvgIpc) is 2.88. The first-order chi connectivity index (χ1) is 17.4. The van der Waals surface area contributed by atoms with Crippen LogP contribution in [0.4, 0.5) is 5.69 Å². The van der Waals surface area contributed by atoms with E-state index >= 15 is 0 Å². The molecule has 0 aliphatic heterocycles. The van der Waals surface area contributed by atoms with Gasteiger partial charge in [0.1, 0.15) is 5.75 Å². The summed E-state index contributed by atoms with van der Waals surface area (Å²) < 4.78 is 16.6. The summed E-state index contributed by atoms with van der Waals surface area (Å²) in [6.45, 7) is 6.70. The van der Waals surface area contributed by atoms with Crippen LogP contribution in [-0.2, 0) is 4.79 Å². The summed E-state index contributed by atoms with van der Waals surface area (Å²) >= 11 is 0. The molecule has 188 valence electrons. The van der Waals surface area contributed by atoms with Gasteiger partial charge in [0.05, 0.1) is 13.7 Å². The highest BCUT2D eigenvalue weighted by Crippen LogP contribution is 2.29. The highest BCUT2D eigenvalue weighted by Gasteiger charge is 2.10. The van der Waals surface area contributed by atoms with E-state index in [-0.39, 0.29) is 5.91 Å². The minimum absolute atomic E-state index is 0.229. The first-order valence-corrected chi connectivity index (χ1v) is 12.1. The van der Waals surface area contributed by atoms with Gasteiger partial charge in [0, 0.05) is 17.3 Å². The number of hydrogen-bond acceptors (Lipinski definition) is 5. The lowest BCUT2D eigenvalue weighted by molar-refractivity contribution is -0.128. The SMILES string of the molecule is CCCCCOc1ccc(/C=C/C(=O)Oc2ccc(C(=O)Nc3cc(C)ccc3C)cc2)cc1OC. The molecule has 0 aromatic heterocycles. The predicted octanol–water partition coefficient (Wildman–Crippen LogP) is 6.75. The van der Waals surface area contributed by atoms with Crippen LogP contribution in [0.15, 0.2) is 66.7 Å². The molecule has 0 unspecified atom stereocenters. The number of anilines is 1. The Bertz CT molecular complexity index is 1210. The van der Waals surface area contributed by atoms with Gasteiger partial charge >= 0.3 is 5.97 Å². The van der Waals surface area contributed by atoms with Crippen molar-refractivity contribution in [3.8, 4) is 17.2 Å². The largest absolute Gasteiger partial charge is 0.493 e. The number of carbonyl (C=O) groups is 2. The maximum absolute atomic E-state index is 12.6. The van der Waals surface area contributed by atoms with Gasteiger partial charge in [0.2, 0.25) is 0 Å². The third-order valence-electron chi connectivity index (χ3n) is 5.58. The number of amides is 1. The Morgan fingerprint density at radius 3 is 2.42 bits per heavy atom. The number of rotatable bonds is 11. The number of benzene rings is 3. The van der Waals surface area contributed by atoms with E-state index < -0.39 is 5.97 Å². The van der Waals surface area contributed by atoms with Crippen molar-refractivity contribution < 1.29 is 23.8 Å². The topological polar surface area (TPSA) is 73.9 Å². The Morgan fingerprint density at radius 1 is 0.917 bits per heavy atom. The molecule has 1 amide bonds. The van der Waals surface area contributed by atoms with Crippen molar-refractivity contribution in [3.05, 3.63) is 89.0 Å². The van der Waals surface area contributed by atoms with E-state index in [4.69, 9.17) is 14.2 Å². The molecule has 3 rings (SSSR count). The average molecular weight is 488 g/mol. The normalized spacial score (nSPS) is 10.8. The number of esters is 1. The first-order valence-electron chi connectivity index (χ1n) is 12.1. The van der Waals surface area contributed by atoms with Gasteiger partial charge in [-0.3, -0.25) is 4.79 Å². The number of ether oxygens (including phenoxy) is 3. The second-order valence-corrected chi connectivity index (χ2v) is 8.52. The van der Waals surface area contributed by atoms with E-state index in [9.17, 15) is 9.59 Å². The maximum atomic E-state index is 12.6. The highest BCUT2D eigenvalue weighted by atomic mass is 16.5. The van der Waals surface area contributed by atoms with E-state index in [0.717, 1.165) is 41.6 Å². The van der Waals surface area contributed by atoms with Crippen LogP contribution in [0.3, 0.4) is 0 Å². The molecule has 6 heteroatoms. The summed E-state index contributed by atoms with van der Waals surface area (Å²) in [5.41, 5.74) is 4.07. The summed E-state index contributed by atoms with van der Waals surface area (Å²) in [5.74, 6) is 0.878. The molecular formula is C30H33NO5. The predicted molar refractivity (Wildman–Crippen MR) is 143 cm³/mol. The zero-order valence-electron chi connectivity index (χ0n) is 21.3.